The minimum Gasteiger partial charge on any atom is -0.239 e. The minimum absolute atomic E-state index is 0. The first-order valence-corrected chi connectivity index (χ1v) is 40.0. The van der Waals surface area contributed by atoms with Crippen LogP contribution in [0.4, 0.5) is 0 Å². The molecule has 4 rings (SSSR count). The van der Waals surface area contributed by atoms with E-state index in [-0.39, 0.29) is 73.8 Å². The van der Waals surface area contributed by atoms with Gasteiger partial charge in [0.25, 0.3) is 0 Å². The van der Waals surface area contributed by atoms with Crippen molar-refractivity contribution in [2.45, 2.75) is 237 Å². The number of hydrogen-bond donors (Lipinski definition) is 0. The molecule has 4 aromatic rings. The van der Waals surface area contributed by atoms with E-state index < -0.39 is 0 Å². The van der Waals surface area contributed by atoms with Crippen LogP contribution in [0.25, 0.3) is 22.3 Å². The zero-order valence-electron chi connectivity index (χ0n) is 51.3. The Hall–Kier alpha value is 0.497. The summed E-state index contributed by atoms with van der Waals surface area (Å²) in [6.07, 6.45) is 53.6. The maximum absolute atomic E-state index is 2.32. The summed E-state index contributed by atoms with van der Waals surface area (Å²) in [6.45, 7) is 27.8. The predicted molar refractivity (Wildman–Crippen MR) is 357 cm³/mol. The molecule has 0 atom stereocenters. The Labute approximate surface area is 500 Å². The fraction of sp³-hybridized carbons (Fsp3) is 0.706. The van der Waals surface area contributed by atoms with E-state index in [4.69, 9.17) is 0 Å². The van der Waals surface area contributed by atoms with E-state index in [0.29, 0.717) is 0 Å². The second-order valence-corrected chi connectivity index (χ2v) is 32.9. The van der Waals surface area contributed by atoms with Gasteiger partial charge in [0.05, 0.1) is 73.9 Å². The van der Waals surface area contributed by atoms with E-state index in [1.54, 1.807) is 73.9 Å². The maximum Gasteiger partial charge on any atom is 2.00 e. The van der Waals surface area contributed by atoms with E-state index in [1.165, 1.54) is 176 Å². The first-order valence-electron chi connectivity index (χ1n) is 31.5. The van der Waals surface area contributed by atoms with Gasteiger partial charge in [0.2, 0.25) is 0 Å². The summed E-state index contributed by atoms with van der Waals surface area (Å²) in [6, 6.07) is 33.4. The molecule has 0 aromatic heterocycles. The zero-order chi connectivity index (χ0) is 53.4. The van der Waals surface area contributed by atoms with Crippen LogP contribution < -0.4 is 0 Å². The number of rotatable bonds is 38. The molecule has 0 aliphatic carbocycles. The van der Waals surface area contributed by atoms with E-state index in [9.17, 15) is 0 Å². The van der Waals surface area contributed by atoms with E-state index in [0.717, 1.165) is 0 Å². The van der Waals surface area contributed by atoms with Crippen molar-refractivity contribution in [3.05, 3.63) is 97.1 Å². The standard InChI is InChI=1S/4C12H27P.2C10H8.2Pt/c4*1-4-7-10-13(11-8-5-2)12-9-6-3;2*1-2-6-9(5-1)10-7-3-4-8-10;;/h4*4-12H2,1-3H3;2*1-8H;;/q;;;;2*-2;2*+2/p+4. The molecular weight excluding hydrogens is 1330 g/mol. The molecule has 74 heavy (non-hydrogen) atoms. The summed E-state index contributed by atoms with van der Waals surface area (Å²) in [5.74, 6) is 0. The van der Waals surface area contributed by atoms with E-state index >= 15 is 0 Å². The van der Waals surface area contributed by atoms with Gasteiger partial charge in [-0.05, 0) is 77.0 Å². The molecule has 0 amide bonds. The first kappa shape index (κ1) is 81.0. The third-order valence-electron chi connectivity index (χ3n) is 13.9. The SMILES string of the molecule is CCCC[PH+](CCCC)CCCC.CCCC[PH+](CCCC)CCCC.CCCC[PH+](CCCC)CCCC.CCCC[PH+](CCCC)CCCC.[Pt+2].[Pt+2].c1c[cH-]c(-c2ccc[cH-]2)c1.c1cc(-c2cc[cH-]c2)c[cH-]1. The van der Waals surface area contributed by atoms with Crippen molar-refractivity contribution in [3.63, 3.8) is 0 Å². The van der Waals surface area contributed by atoms with Gasteiger partial charge in [-0.25, -0.2) is 46.5 Å². The van der Waals surface area contributed by atoms with Gasteiger partial charge < -0.3 is 0 Å². The Bertz CT molecular complexity index is 1160. The van der Waals surface area contributed by atoms with Crippen molar-refractivity contribution in [1.29, 1.82) is 0 Å². The van der Waals surface area contributed by atoms with Crippen molar-refractivity contribution in [1.82, 2.24) is 0 Å². The molecule has 0 aliphatic heterocycles. The molecule has 0 heterocycles. The average molecular weight is 1460 g/mol. The van der Waals surface area contributed by atoms with Crippen molar-refractivity contribution < 1.29 is 42.1 Å². The van der Waals surface area contributed by atoms with Crippen LogP contribution in [0.5, 0.6) is 0 Å². The second kappa shape index (κ2) is 66.0. The van der Waals surface area contributed by atoms with Crippen LogP contribution in [-0.4, -0.2) is 73.9 Å². The zero-order valence-corrected chi connectivity index (χ0v) is 59.9. The Morgan fingerprint density at radius 1 is 0.270 bits per heavy atom. The quantitative estimate of drug-likeness (QED) is 0.0310. The van der Waals surface area contributed by atoms with Gasteiger partial charge in [0.1, 0.15) is 0 Å². The van der Waals surface area contributed by atoms with E-state index in [2.05, 4.69) is 180 Å². The van der Waals surface area contributed by atoms with Gasteiger partial charge in [-0.15, -0.1) is 0 Å². The average Bonchev–Trinajstić information content (AvgIpc) is 4.28. The summed E-state index contributed by atoms with van der Waals surface area (Å²) < 4.78 is 0. The summed E-state index contributed by atoms with van der Waals surface area (Å²) in [7, 11) is 0.270. The molecule has 0 fully saturated rings. The molecule has 0 saturated heterocycles. The first-order chi connectivity index (χ1) is 35.3. The van der Waals surface area contributed by atoms with E-state index in [1.807, 2.05) is 0 Å². The molecule has 0 saturated carbocycles. The fourth-order valence-corrected chi connectivity index (χ4v) is 22.1. The minimum atomic E-state index is 0. The summed E-state index contributed by atoms with van der Waals surface area (Å²) in [5, 5.41) is 0. The van der Waals surface area contributed by atoms with Gasteiger partial charge in [0.15, 0.2) is 0 Å². The van der Waals surface area contributed by atoms with Crippen LogP contribution in [0.2, 0.25) is 0 Å². The number of unbranched alkanes of at least 4 members (excludes halogenated alkanes) is 12. The molecule has 0 spiro atoms. The maximum atomic E-state index is 2.32. The molecule has 6 heteroatoms. The van der Waals surface area contributed by atoms with Gasteiger partial charge in [-0.2, -0.15) is 72.8 Å². The van der Waals surface area contributed by atoms with Gasteiger partial charge in [0, 0.05) is 31.7 Å². The molecule has 0 unspecified atom stereocenters. The van der Waals surface area contributed by atoms with Crippen LogP contribution in [-0.2, 0) is 42.1 Å². The molecule has 436 valence electrons. The Kier molecular flexibility index (Phi) is 72.2. The molecule has 0 nitrogen and oxygen atoms in total. The Morgan fingerprint density at radius 3 is 0.581 bits per heavy atom. The van der Waals surface area contributed by atoms with Crippen LogP contribution in [0.3, 0.4) is 0 Å². The van der Waals surface area contributed by atoms with Crippen molar-refractivity contribution in [2.24, 2.45) is 0 Å². The summed E-state index contributed by atoms with van der Waals surface area (Å²) >= 11 is 0. The smallest absolute Gasteiger partial charge is 0.239 e. The largest absolute Gasteiger partial charge is 2.00 e. The Balaban J connectivity index is -0.000000396. The molecule has 0 bridgehead atoms. The predicted octanol–water partition coefficient (Wildman–Crippen LogP) is 24.0. The Morgan fingerprint density at radius 2 is 0.459 bits per heavy atom. The molecule has 4 aromatic carbocycles. The summed E-state index contributed by atoms with van der Waals surface area (Å²) in [5.41, 5.74) is 5.24. The molecule has 0 N–H and O–H groups in total. The monoisotopic (exact) mass is 1460 g/mol. The summed E-state index contributed by atoms with van der Waals surface area (Å²) in [4.78, 5) is 0. The van der Waals surface area contributed by atoms with Gasteiger partial charge >= 0.3 is 42.1 Å². The number of hydrogen-bond acceptors (Lipinski definition) is 0. The van der Waals surface area contributed by atoms with Gasteiger partial charge in [-0.1, -0.05) is 160 Å². The van der Waals surface area contributed by atoms with Gasteiger partial charge in [-0.3, -0.25) is 0 Å². The third-order valence-corrected chi connectivity index (χ3v) is 26.7. The van der Waals surface area contributed by atoms with Crippen LogP contribution in [0.15, 0.2) is 97.1 Å². The second-order valence-electron chi connectivity index (χ2n) is 20.9. The van der Waals surface area contributed by atoms with Crippen LogP contribution in [0.1, 0.15) is 237 Å². The van der Waals surface area contributed by atoms with Crippen LogP contribution in [0, 0.1) is 0 Å². The topological polar surface area (TPSA) is 0 Å². The third kappa shape index (κ3) is 51.9. The molecule has 0 aliphatic rings. The normalized spacial score (nSPS) is 10.5. The van der Waals surface area contributed by atoms with Crippen LogP contribution >= 0.6 is 31.7 Å². The van der Waals surface area contributed by atoms with Crippen molar-refractivity contribution in [3.8, 4) is 22.3 Å². The van der Waals surface area contributed by atoms with Crippen molar-refractivity contribution >= 4 is 31.7 Å². The molecular formula is C68H128P4Pt2+4. The van der Waals surface area contributed by atoms with Crippen molar-refractivity contribution in [2.75, 3.05) is 73.9 Å². The molecule has 0 radical (unpaired) electrons. The fourth-order valence-electron chi connectivity index (χ4n) is 8.89.